The van der Waals surface area contributed by atoms with E-state index in [9.17, 15) is 20.0 Å². The van der Waals surface area contributed by atoms with E-state index in [0.29, 0.717) is 29.6 Å². The van der Waals surface area contributed by atoms with E-state index in [2.05, 4.69) is 0 Å². The van der Waals surface area contributed by atoms with Crippen LogP contribution in [0.5, 0.6) is 5.75 Å². The Kier molecular flexibility index (Phi) is 4.71. The van der Waals surface area contributed by atoms with Gasteiger partial charge in [-0.3, -0.25) is 14.9 Å². The molecule has 1 N–H and O–H groups in total. The zero-order valence-corrected chi connectivity index (χ0v) is 14.7. The second kappa shape index (κ2) is 6.96. The molecule has 0 heterocycles. The maximum absolute atomic E-state index is 12.6. The van der Waals surface area contributed by atoms with Crippen LogP contribution in [0.15, 0.2) is 47.5 Å². The van der Waals surface area contributed by atoms with Gasteiger partial charge in [-0.05, 0) is 73.2 Å². The zero-order chi connectivity index (χ0) is 18.8. The fourth-order valence-electron chi connectivity index (χ4n) is 3.18. The van der Waals surface area contributed by atoms with Gasteiger partial charge < -0.3 is 5.11 Å². The quantitative estimate of drug-likeness (QED) is 0.493. The van der Waals surface area contributed by atoms with Crippen molar-refractivity contribution in [1.29, 1.82) is 0 Å². The Morgan fingerprint density at radius 2 is 1.58 bits per heavy atom. The number of ketones is 1. The molecule has 0 saturated heterocycles. The van der Waals surface area contributed by atoms with Gasteiger partial charge in [-0.25, -0.2) is 0 Å². The Bertz CT molecular complexity index is 947. The summed E-state index contributed by atoms with van der Waals surface area (Å²) in [7, 11) is 0. The van der Waals surface area contributed by atoms with Crippen molar-refractivity contribution in [3.8, 4) is 5.75 Å². The van der Waals surface area contributed by atoms with E-state index in [0.717, 1.165) is 16.7 Å². The highest BCUT2D eigenvalue weighted by atomic mass is 16.6. The summed E-state index contributed by atoms with van der Waals surface area (Å²) >= 11 is 0. The molecule has 2 aromatic rings. The first-order valence-electron chi connectivity index (χ1n) is 8.35. The van der Waals surface area contributed by atoms with Crippen molar-refractivity contribution in [3.63, 3.8) is 0 Å². The molecule has 0 bridgehead atoms. The highest BCUT2D eigenvalue weighted by Gasteiger charge is 2.23. The van der Waals surface area contributed by atoms with Crippen LogP contribution >= 0.6 is 0 Å². The smallest absolute Gasteiger partial charge is 0.270 e. The highest BCUT2D eigenvalue weighted by molar-refractivity contribution is 6.15. The van der Waals surface area contributed by atoms with Crippen LogP contribution in [0.4, 0.5) is 5.69 Å². The lowest BCUT2D eigenvalue weighted by molar-refractivity contribution is -0.384. The van der Waals surface area contributed by atoms with Gasteiger partial charge in [-0.15, -0.1) is 0 Å². The Labute approximate surface area is 151 Å². The molecule has 1 aliphatic rings. The van der Waals surface area contributed by atoms with Gasteiger partial charge in [0.15, 0.2) is 5.78 Å². The van der Waals surface area contributed by atoms with Crippen molar-refractivity contribution in [3.05, 3.63) is 79.9 Å². The summed E-state index contributed by atoms with van der Waals surface area (Å²) in [6, 6.07) is 9.97. The first-order valence-corrected chi connectivity index (χ1v) is 8.35. The standard InChI is InChI=1S/C21H19NO4/c1-13-8-16(9-14(2)20(13)23)11-18-7-6-17(21(18)24)10-15-4-3-5-19(12-15)22(25)26/h3-5,8-12,23H,6-7H2,1-2H3. The minimum atomic E-state index is -0.445. The molecule has 1 aliphatic carbocycles. The minimum absolute atomic E-state index is 0.00982. The Balaban J connectivity index is 1.88. The molecular formula is C21H19NO4. The molecular weight excluding hydrogens is 330 g/mol. The molecule has 132 valence electrons. The van der Waals surface area contributed by atoms with Crippen LogP contribution in [0, 0.1) is 24.0 Å². The van der Waals surface area contributed by atoms with Crippen molar-refractivity contribution < 1.29 is 14.8 Å². The predicted molar refractivity (Wildman–Crippen MR) is 101 cm³/mol. The van der Waals surface area contributed by atoms with Crippen molar-refractivity contribution in [2.24, 2.45) is 0 Å². The van der Waals surface area contributed by atoms with Gasteiger partial charge in [0.2, 0.25) is 0 Å². The van der Waals surface area contributed by atoms with E-state index in [1.807, 2.05) is 32.1 Å². The molecule has 5 heteroatoms. The lowest BCUT2D eigenvalue weighted by Crippen LogP contribution is -1.96. The number of carbonyl (C=O) groups excluding carboxylic acids is 1. The maximum Gasteiger partial charge on any atom is 0.270 e. The molecule has 0 unspecified atom stereocenters. The van der Waals surface area contributed by atoms with Crippen molar-refractivity contribution in [1.82, 2.24) is 0 Å². The monoisotopic (exact) mass is 349 g/mol. The number of rotatable bonds is 3. The van der Waals surface area contributed by atoms with Crippen molar-refractivity contribution >= 4 is 23.6 Å². The molecule has 0 atom stereocenters. The number of Topliss-reactive ketones (excluding diaryl/α,β-unsaturated/α-hetero) is 1. The van der Waals surface area contributed by atoms with E-state index in [4.69, 9.17) is 0 Å². The summed E-state index contributed by atoms with van der Waals surface area (Å²) in [6.45, 7) is 3.66. The highest BCUT2D eigenvalue weighted by Crippen LogP contribution is 2.31. The van der Waals surface area contributed by atoms with E-state index in [-0.39, 0.29) is 17.2 Å². The van der Waals surface area contributed by atoms with Gasteiger partial charge >= 0.3 is 0 Å². The average molecular weight is 349 g/mol. The lowest BCUT2D eigenvalue weighted by Gasteiger charge is -2.05. The van der Waals surface area contributed by atoms with Crippen molar-refractivity contribution in [2.45, 2.75) is 26.7 Å². The van der Waals surface area contributed by atoms with Gasteiger partial charge in [0, 0.05) is 23.3 Å². The predicted octanol–water partition coefficient (Wildman–Crippen LogP) is 4.75. The van der Waals surface area contributed by atoms with Crippen LogP contribution in [-0.2, 0) is 4.79 Å². The number of aromatic hydroxyl groups is 1. The molecule has 0 amide bonds. The van der Waals surface area contributed by atoms with E-state index >= 15 is 0 Å². The van der Waals surface area contributed by atoms with Gasteiger partial charge in [0.1, 0.15) is 5.75 Å². The number of nitrogens with zero attached hydrogens (tertiary/aromatic N) is 1. The fourth-order valence-corrected chi connectivity index (χ4v) is 3.18. The molecule has 0 radical (unpaired) electrons. The molecule has 3 rings (SSSR count). The number of phenolic OH excluding ortho intramolecular Hbond substituents is 1. The topological polar surface area (TPSA) is 80.4 Å². The Morgan fingerprint density at radius 3 is 2.15 bits per heavy atom. The second-order valence-electron chi connectivity index (χ2n) is 6.52. The number of aryl methyl sites for hydroxylation is 2. The van der Waals surface area contributed by atoms with Crippen LogP contribution < -0.4 is 0 Å². The van der Waals surface area contributed by atoms with Crippen LogP contribution in [0.25, 0.3) is 12.2 Å². The van der Waals surface area contributed by atoms with Crippen LogP contribution in [0.1, 0.15) is 35.1 Å². The number of benzene rings is 2. The molecule has 0 aliphatic heterocycles. The number of allylic oxidation sites excluding steroid dienone is 2. The third-order valence-electron chi connectivity index (χ3n) is 4.52. The number of nitro groups is 1. The summed E-state index contributed by atoms with van der Waals surface area (Å²) in [5.74, 6) is 0.246. The number of phenols is 1. The third-order valence-corrected chi connectivity index (χ3v) is 4.52. The molecule has 1 fully saturated rings. The summed E-state index contributed by atoms with van der Waals surface area (Å²) in [5, 5.41) is 20.7. The normalized spacial score (nSPS) is 17.2. The average Bonchev–Trinajstić information content (AvgIpc) is 2.93. The summed E-state index contributed by atoms with van der Waals surface area (Å²) in [4.78, 5) is 23.1. The summed E-state index contributed by atoms with van der Waals surface area (Å²) in [6.07, 6.45) is 4.83. The molecule has 0 aromatic heterocycles. The molecule has 5 nitrogen and oxygen atoms in total. The fraction of sp³-hybridized carbons (Fsp3) is 0.190. The molecule has 0 spiro atoms. The molecule has 1 saturated carbocycles. The van der Waals surface area contributed by atoms with Gasteiger partial charge in [0.05, 0.1) is 4.92 Å². The zero-order valence-electron chi connectivity index (χ0n) is 14.7. The number of hydrogen-bond donors (Lipinski definition) is 1. The molecule has 2 aromatic carbocycles. The first-order chi connectivity index (χ1) is 12.3. The summed E-state index contributed by atoms with van der Waals surface area (Å²) < 4.78 is 0. The van der Waals surface area contributed by atoms with E-state index < -0.39 is 4.92 Å². The van der Waals surface area contributed by atoms with Crippen LogP contribution in [0.3, 0.4) is 0 Å². The Morgan fingerprint density at radius 1 is 1.00 bits per heavy atom. The van der Waals surface area contributed by atoms with Gasteiger partial charge in [0.25, 0.3) is 5.69 Å². The Hall–Kier alpha value is -3.21. The maximum atomic E-state index is 12.6. The first kappa shape index (κ1) is 17.6. The number of non-ortho nitro benzene ring substituents is 1. The number of carbonyl (C=O) groups is 1. The van der Waals surface area contributed by atoms with Gasteiger partial charge in [-0.1, -0.05) is 12.1 Å². The largest absolute Gasteiger partial charge is 0.507 e. The number of hydrogen-bond acceptors (Lipinski definition) is 4. The second-order valence-corrected chi connectivity index (χ2v) is 6.52. The number of nitro benzene ring substituents is 1. The van der Waals surface area contributed by atoms with Gasteiger partial charge in [-0.2, -0.15) is 0 Å². The minimum Gasteiger partial charge on any atom is -0.507 e. The van der Waals surface area contributed by atoms with E-state index in [1.54, 1.807) is 18.2 Å². The molecule has 26 heavy (non-hydrogen) atoms. The van der Waals surface area contributed by atoms with Crippen LogP contribution in [-0.4, -0.2) is 15.8 Å². The third kappa shape index (κ3) is 3.57. The van der Waals surface area contributed by atoms with Crippen molar-refractivity contribution in [2.75, 3.05) is 0 Å². The summed E-state index contributed by atoms with van der Waals surface area (Å²) in [5.41, 5.74) is 4.47. The SMILES string of the molecule is Cc1cc(C=C2CCC(=Cc3cccc([N+](=O)[O-])c3)C2=O)cc(C)c1O. The lowest BCUT2D eigenvalue weighted by atomic mass is 10.0. The van der Waals surface area contributed by atoms with Crippen LogP contribution in [0.2, 0.25) is 0 Å². The van der Waals surface area contributed by atoms with E-state index in [1.165, 1.54) is 12.1 Å².